The van der Waals surface area contributed by atoms with Crippen LogP contribution in [0, 0.1) is 11.7 Å². The van der Waals surface area contributed by atoms with Crippen molar-refractivity contribution in [3.05, 3.63) is 164 Å². The fourth-order valence-corrected chi connectivity index (χ4v) is 14.6. The van der Waals surface area contributed by atoms with Gasteiger partial charge in [0.1, 0.15) is 45.5 Å². The molecule has 0 unspecified atom stereocenters. The van der Waals surface area contributed by atoms with Crippen molar-refractivity contribution in [2.45, 2.75) is 212 Å². The maximum absolute atomic E-state index is 12.7. The van der Waals surface area contributed by atoms with Crippen molar-refractivity contribution in [1.29, 1.82) is 0 Å². The average Bonchev–Trinajstić information content (AvgIpc) is 1.83. The molecule has 30 heteroatoms. The van der Waals surface area contributed by atoms with Crippen molar-refractivity contribution in [3.8, 4) is 11.5 Å². The van der Waals surface area contributed by atoms with Crippen molar-refractivity contribution in [2.75, 3.05) is 78.9 Å². The maximum atomic E-state index is 12.7. The third-order valence-electron chi connectivity index (χ3n) is 20.6. The molecule has 7 aliphatic rings. The molecule has 0 atom stereocenters. The van der Waals surface area contributed by atoms with Crippen LogP contribution in [0.15, 0.2) is 115 Å². The summed E-state index contributed by atoms with van der Waals surface area (Å²) >= 11 is 17.9. The lowest BCUT2D eigenvalue weighted by atomic mass is 9.85. The van der Waals surface area contributed by atoms with E-state index in [1.807, 2.05) is 54.6 Å². The van der Waals surface area contributed by atoms with E-state index in [2.05, 4.69) is 12.1 Å². The predicted molar refractivity (Wildman–Crippen MR) is 440 cm³/mol. The summed E-state index contributed by atoms with van der Waals surface area (Å²) in [6.45, 7) is 4.18. The van der Waals surface area contributed by atoms with Gasteiger partial charge in [-0.25, -0.2) is 62.6 Å². The lowest BCUT2D eigenvalue weighted by Crippen LogP contribution is -2.31. The second kappa shape index (κ2) is 53.5. The molecular weight excluding hydrogens is 1590 g/mol. The Kier molecular flexibility index (Phi) is 43.2. The van der Waals surface area contributed by atoms with Crippen LogP contribution in [0.5, 0.6) is 11.5 Å². The van der Waals surface area contributed by atoms with E-state index in [1.165, 1.54) is 93.9 Å². The summed E-state index contributed by atoms with van der Waals surface area (Å²) in [6.07, 6.45) is 26.4. The Morgan fingerprint density at radius 1 is 0.331 bits per heavy atom. The Balaban J connectivity index is 0.000000196. The molecule has 5 aromatic rings. The molecule has 5 aromatic carbocycles. The molecule has 1 saturated carbocycles. The number of imide groups is 6. The summed E-state index contributed by atoms with van der Waals surface area (Å²) in [4.78, 5) is 145. The van der Waals surface area contributed by atoms with Crippen molar-refractivity contribution in [2.24, 2.45) is 5.92 Å². The Labute approximate surface area is 705 Å². The van der Waals surface area contributed by atoms with Crippen LogP contribution in [0.4, 0.5) is 33.2 Å². The van der Waals surface area contributed by atoms with Gasteiger partial charge >= 0.3 is 36.6 Å². The number of aryl methyl sites for hydroxylation is 5. The quantitative estimate of drug-likeness (QED) is 0.0219. The highest BCUT2D eigenvalue weighted by molar-refractivity contribution is 6.35. The van der Waals surface area contributed by atoms with Gasteiger partial charge in [0.15, 0.2) is 11.5 Å². The monoisotopic (exact) mass is 1700 g/mol. The Bertz CT molecular complexity index is 4060. The number of ether oxygens (including phenoxy) is 6. The minimum Gasteiger partial charge on any atom is -0.504 e. The number of rotatable bonds is 34. The minimum absolute atomic E-state index is 0.0693. The van der Waals surface area contributed by atoms with Gasteiger partial charge in [0.25, 0.3) is 0 Å². The normalized spacial score (nSPS) is 15.5. The van der Waals surface area contributed by atoms with Crippen LogP contribution in [0.1, 0.15) is 208 Å². The SMILES string of the molecule is O=C(CCCCCC1CCCCC1)N1CCOC1=O.O=C(CCCCCCc1ccc(Cl)cc1Cl)N1CCOC1=O.O=C(CCCCCc1ccc(O)c(O)c1)N1CCOC1=O.O=C(CCCCc1ccc(F)cc1)N1CCOC1=O.O=C(CCCCc1cccc(Cl)c1)N1CCOC1=O.O=C(CCCCc1ccccc1)N1CCOC1=O. The van der Waals surface area contributed by atoms with E-state index in [1.54, 1.807) is 30.3 Å². The molecule has 0 spiro atoms. The average molecular weight is 1700 g/mol. The lowest BCUT2D eigenvalue weighted by Gasteiger charge is -2.21. The summed E-state index contributed by atoms with van der Waals surface area (Å²) in [5, 5.41) is 20.7. The summed E-state index contributed by atoms with van der Waals surface area (Å²) < 4.78 is 41.1. The fourth-order valence-electron chi connectivity index (χ4n) is 13.9. The van der Waals surface area contributed by atoms with Gasteiger partial charge in [-0.1, -0.05) is 172 Å². The zero-order valence-electron chi connectivity index (χ0n) is 67.3. The number of amides is 12. The zero-order chi connectivity index (χ0) is 84.8. The molecule has 1 aliphatic carbocycles. The van der Waals surface area contributed by atoms with Crippen molar-refractivity contribution in [1.82, 2.24) is 29.4 Å². The topological polar surface area (TPSA) is 320 Å². The van der Waals surface area contributed by atoms with Crippen molar-refractivity contribution in [3.63, 3.8) is 0 Å². The number of carbonyl (C=O) groups excluding carboxylic acids is 12. The van der Waals surface area contributed by atoms with Crippen LogP contribution in [-0.4, -0.2) is 191 Å². The molecule has 7 fully saturated rings. The van der Waals surface area contributed by atoms with Gasteiger partial charge in [0.05, 0.1) is 39.3 Å². The summed E-state index contributed by atoms with van der Waals surface area (Å²) in [7, 11) is 0. The number of aromatic hydroxyl groups is 2. The molecule has 6 saturated heterocycles. The molecule has 0 radical (unpaired) electrons. The molecule has 0 aromatic heterocycles. The van der Waals surface area contributed by atoms with Crippen LogP contribution in [0.3, 0.4) is 0 Å². The van der Waals surface area contributed by atoms with Gasteiger partial charge in [-0.2, -0.15) is 0 Å². The second-order valence-electron chi connectivity index (χ2n) is 29.5. The molecule has 118 heavy (non-hydrogen) atoms. The van der Waals surface area contributed by atoms with Crippen LogP contribution in [0.2, 0.25) is 15.1 Å². The van der Waals surface area contributed by atoms with Crippen LogP contribution < -0.4 is 0 Å². The van der Waals surface area contributed by atoms with Gasteiger partial charge in [-0.3, -0.25) is 28.8 Å². The smallest absolute Gasteiger partial charge is 0.416 e. The number of benzene rings is 5. The third kappa shape index (κ3) is 35.4. The molecule has 12 amide bonds. The number of carbonyl (C=O) groups is 12. The standard InChI is InChI=1S/C16H19Cl2NO3.C15H19NO5.C15H25NO3.C14H16ClNO3.C14H16FNO3.C14H17NO3/c17-13-8-7-12(14(18)11-13)5-3-1-2-4-6-15(20)19-9-10-22-16(19)21;17-12-7-6-11(10-13(12)18)4-2-1-3-5-14(19)16-8-9-21-15(16)20;17-14(16-11-12-19-15(16)18)10-6-2-5-9-13-7-3-1-4-8-13;15-12-6-3-5-11(10-12)4-1-2-7-13(17)16-8-9-19-14(16)18;15-12-7-5-11(6-8-12)3-1-2-4-13(17)16-9-10-19-14(16)18;16-13(15-10-11-18-14(15)17)9-5-4-8-12-6-2-1-3-7-12/h7-8,11H,1-6,9-10H2;6-7,10,17-18H,1-5,8-9H2;13H,1-12H2;3,5-6,10H,1-2,4,7-9H2;5-8H,1-4,9-10H2;1-3,6-7H,4-5,8-11H2. The molecule has 2 N–H and O–H groups in total. The van der Waals surface area contributed by atoms with Gasteiger partial charge in [-0.15, -0.1) is 0 Å². The summed E-state index contributed by atoms with van der Waals surface area (Å²) in [5.41, 5.74) is 5.54. The number of nitrogens with zero attached hydrogens (tertiary/aromatic N) is 6. The molecule has 0 bridgehead atoms. The van der Waals surface area contributed by atoms with Crippen molar-refractivity contribution < 1.29 is 101 Å². The largest absolute Gasteiger partial charge is 0.504 e. The summed E-state index contributed by atoms with van der Waals surface area (Å²) in [6, 6.07) is 34.6. The zero-order valence-corrected chi connectivity index (χ0v) is 69.6. The van der Waals surface area contributed by atoms with E-state index in [-0.39, 0.29) is 59.4 Å². The molecule has 6 heterocycles. The number of hydrogen-bond donors (Lipinski definition) is 2. The highest BCUT2D eigenvalue weighted by atomic mass is 35.5. The van der Waals surface area contributed by atoms with E-state index in [0.717, 1.165) is 153 Å². The predicted octanol–water partition coefficient (Wildman–Crippen LogP) is 18.1. The number of cyclic esters (lactones) is 6. The first kappa shape index (κ1) is 95.3. The Hall–Kier alpha value is -9.86. The highest BCUT2D eigenvalue weighted by Gasteiger charge is 2.33. The molecule has 642 valence electrons. The van der Waals surface area contributed by atoms with E-state index < -0.39 is 36.6 Å². The van der Waals surface area contributed by atoms with Crippen LogP contribution in [0.25, 0.3) is 0 Å². The fraction of sp³-hybridized carbons (Fsp3) is 0.523. The lowest BCUT2D eigenvalue weighted by molar-refractivity contribution is -0.128. The molecule has 12 rings (SSSR count). The first-order chi connectivity index (χ1) is 57.0. The van der Waals surface area contributed by atoms with Gasteiger partial charge < -0.3 is 38.6 Å². The van der Waals surface area contributed by atoms with Gasteiger partial charge in [-0.05, 0) is 185 Å². The van der Waals surface area contributed by atoms with Gasteiger partial charge in [0.2, 0.25) is 35.4 Å². The summed E-state index contributed by atoms with van der Waals surface area (Å²) in [5.74, 6) is -0.384. The molecule has 6 aliphatic heterocycles. The number of phenolic OH excluding ortho intramolecular Hbond substituents is 2. The number of halogens is 4. The first-order valence-corrected chi connectivity index (χ1v) is 42.5. The highest BCUT2D eigenvalue weighted by Crippen LogP contribution is 2.30. The first-order valence-electron chi connectivity index (χ1n) is 41.3. The third-order valence-corrected chi connectivity index (χ3v) is 21.4. The Morgan fingerprint density at radius 2 is 0.661 bits per heavy atom. The van der Waals surface area contributed by atoms with E-state index >= 15 is 0 Å². The van der Waals surface area contributed by atoms with E-state index in [0.29, 0.717) is 134 Å². The number of hydrogen-bond acceptors (Lipinski definition) is 20. The van der Waals surface area contributed by atoms with Gasteiger partial charge in [0, 0.05) is 53.6 Å². The van der Waals surface area contributed by atoms with E-state index in [9.17, 15) is 72.1 Å². The minimum atomic E-state index is -0.542. The van der Waals surface area contributed by atoms with Crippen LogP contribution in [-0.2, 0) is 89.3 Å². The Morgan fingerprint density at radius 3 is 1.05 bits per heavy atom. The van der Waals surface area contributed by atoms with Crippen molar-refractivity contribution >= 4 is 107 Å². The number of unbranched alkanes of at least 4 members (excludes halogenated alkanes) is 10. The second-order valence-corrected chi connectivity index (χ2v) is 30.7. The molecular formula is C88H112Cl3FN6O20. The number of phenols is 2. The van der Waals surface area contributed by atoms with E-state index in [4.69, 9.17) is 63.2 Å². The van der Waals surface area contributed by atoms with Crippen LogP contribution >= 0.6 is 34.8 Å². The molecule has 26 nitrogen and oxygen atoms in total. The maximum Gasteiger partial charge on any atom is 0.416 e.